The normalized spacial score (nSPS) is 18.0. The first-order valence-corrected chi connectivity index (χ1v) is 11.5. The van der Waals surface area contributed by atoms with E-state index in [1.807, 2.05) is 40.1 Å². The third kappa shape index (κ3) is 4.58. The van der Waals surface area contributed by atoms with Gasteiger partial charge in [-0.15, -0.1) is 0 Å². The number of aromatic amines is 1. The standard InChI is InChI=1S/C24H20F3N5OS/c25-24(26,27)18-7-4-8-19(14-18)31-9-11-32(12-10-31)23-29-22(33)20(34-23)13-17-15-28-30-21(17)16-5-2-1-3-6-16/h1-8,13-15H,9-12H2,(H,28,30). The van der Waals surface area contributed by atoms with Crippen molar-refractivity contribution in [2.24, 2.45) is 4.99 Å². The lowest BCUT2D eigenvalue weighted by atomic mass is 10.1. The van der Waals surface area contributed by atoms with Crippen LogP contribution in [0.1, 0.15) is 11.1 Å². The first-order chi connectivity index (χ1) is 16.4. The molecule has 1 saturated heterocycles. The number of H-pyrrole nitrogens is 1. The molecule has 6 nitrogen and oxygen atoms in total. The fourth-order valence-electron chi connectivity index (χ4n) is 3.95. The summed E-state index contributed by atoms with van der Waals surface area (Å²) in [5, 5.41) is 7.71. The molecule has 1 aromatic heterocycles. The Morgan fingerprint density at radius 1 is 0.971 bits per heavy atom. The number of anilines is 1. The van der Waals surface area contributed by atoms with Gasteiger partial charge in [0, 0.05) is 43.0 Å². The summed E-state index contributed by atoms with van der Waals surface area (Å²) in [4.78, 5) is 21.2. The number of nitrogens with one attached hydrogen (secondary N) is 1. The second-order valence-electron chi connectivity index (χ2n) is 7.90. The minimum atomic E-state index is -4.37. The Hall–Kier alpha value is -3.53. The molecule has 0 unspecified atom stereocenters. The number of thioether (sulfide) groups is 1. The van der Waals surface area contributed by atoms with Crippen LogP contribution in [0.5, 0.6) is 0 Å². The molecule has 0 spiro atoms. The first kappa shape index (κ1) is 22.3. The lowest BCUT2D eigenvalue weighted by molar-refractivity contribution is -0.137. The summed E-state index contributed by atoms with van der Waals surface area (Å²) in [6.45, 7) is 2.19. The van der Waals surface area contributed by atoms with Crippen LogP contribution in [0.4, 0.5) is 18.9 Å². The van der Waals surface area contributed by atoms with E-state index in [2.05, 4.69) is 15.2 Å². The van der Waals surface area contributed by atoms with Crippen LogP contribution in [0.25, 0.3) is 17.3 Å². The monoisotopic (exact) mass is 483 g/mol. The lowest BCUT2D eigenvalue weighted by Gasteiger charge is -2.36. The summed E-state index contributed by atoms with van der Waals surface area (Å²) in [5.41, 5.74) is 2.48. The van der Waals surface area contributed by atoms with Gasteiger partial charge in [-0.25, -0.2) is 0 Å². The second-order valence-corrected chi connectivity index (χ2v) is 8.91. The molecule has 1 amide bonds. The van der Waals surface area contributed by atoms with Crippen molar-refractivity contribution in [2.75, 3.05) is 31.1 Å². The number of carbonyl (C=O) groups excluding carboxylic acids is 1. The predicted molar refractivity (Wildman–Crippen MR) is 127 cm³/mol. The van der Waals surface area contributed by atoms with E-state index in [1.54, 1.807) is 18.3 Å². The zero-order valence-electron chi connectivity index (χ0n) is 17.9. The van der Waals surface area contributed by atoms with Crippen LogP contribution >= 0.6 is 11.8 Å². The van der Waals surface area contributed by atoms with Crippen LogP contribution in [-0.2, 0) is 11.0 Å². The molecule has 1 fully saturated rings. The highest BCUT2D eigenvalue weighted by atomic mass is 32.2. The van der Waals surface area contributed by atoms with Gasteiger partial charge in [-0.3, -0.25) is 9.89 Å². The molecule has 34 heavy (non-hydrogen) atoms. The zero-order valence-corrected chi connectivity index (χ0v) is 18.7. The van der Waals surface area contributed by atoms with Crippen molar-refractivity contribution in [2.45, 2.75) is 6.18 Å². The molecule has 0 saturated carbocycles. The van der Waals surface area contributed by atoms with Gasteiger partial charge in [0.25, 0.3) is 5.91 Å². The van der Waals surface area contributed by atoms with E-state index >= 15 is 0 Å². The zero-order chi connectivity index (χ0) is 23.7. The van der Waals surface area contributed by atoms with Gasteiger partial charge in [0.15, 0.2) is 5.17 Å². The fourth-order valence-corrected chi connectivity index (χ4v) is 4.91. The number of amidine groups is 1. The van der Waals surface area contributed by atoms with Gasteiger partial charge in [-0.2, -0.15) is 23.3 Å². The minimum Gasteiger partial charge on any atom is -0.368 e. The van der Waals surface area contributed by atoms with Gasteiger partial charge in [0.2, 0.25) is 0 Å². The van der Waals surface area contributed by atoms with Gasteiger partial charge in [0.1, 0.15) is 0 Å². The lowest BCUT2D eigenvalue weighted by Crippen LogP contribution is -2.47. The van der Waals surface area contributed by atoms with Crippen molar-refractivity contribution in [3.8, 4) is 11.3 Å². The quantitative estimate of drug-likeness (QED) is 0.538. The van der Waals surface area contributed by atoms with Gasteiger partial charge in [-0.1, -0.05) is 36.4 Å². The van der Waals surface area contributed by atoms with E-state index in [-0.39, 0.29) is 5.91 Å². The molecule has 2 aliphatic heterocycles. The number of rotatable bonds is 3. The van der Waals surface area contributed by atoms with Crippen LogP contribution in [0, 0.1) is 0 Å². The average Bonchev–Trinajstić information content (AvgIpc) is 3.46. The Bertz CT molecular complexity index is 1260. The summed E-state index contributed by atoms with van der Waals surface area (Å²) in [6, 6.07) is 15.1. The number of aliphatic imine (C=N–C) groups is 1. The number of hydrogen-bond acceptors (Lipinski definition) is 5. The Balaban J connectivity index is 1.25. The molecular weight excluding hydrogens is 463 g/mol. The molecule has 5 rings (SSSR count). The van der Waals surface area contributed by atoms with Crippen LogP contribution in [-0.4, -0.2) is 52.4 Å². The van der Waals surface area contributed by atoms with Crippen molar-refractivity contribution in [1.82, 2.24) is 15.1 Å². The number of benzene rings is 2. The molecule has 3 heterocycles. The maximum atomic E-state index is 13.0. The SMILES string of the molecule is O=C1N=C(N2CCN(c3cccc(C(F)(F)F)c3)CC2)SC1=Cc1cn[nH]c1-c1ccccc1. The Labute approximate surface area is 198 Å². The van der Waals surface area contributed by atoms with Crippen LogP contribution in [0.2, 0.25) is 0 Å². The van der Waals surface area contributed by atoms with Crippen molar-refractivity contribution in [1.29, 1.82) is 0 Å². The van der Waals surface area contributed by atoms with E-state index < -0.39 is 11.7 Å². The van der Waals surface area contributed by atoms with Gasteiger partial charge in [0.05, 0.1) is 22.4 Å². The topological polar surface area (TPSA) is 64.6 Å². The first-order valence-electron chi connectivity index (χ1n) is 10.7. The molecule has 0 atom stereocenters. The maximum absolute atomic E-state index is 13.0. The molecule has 2 aromatic carbocycles. The number of halogens is 3. The Kier molecular flexibility index (Phi) is 5.91. The molecule has 0 radical (unpaired) electrons. The number of alkyl halides is 3. The fraction of sp³-hybridized carbons (Fsp3) is 0.208. The summed E-state index contributed by atoms with van der Waals surface area (Å²) in [7, 11) is 0. The van der Waals surface area contributed by atoms with Crippen LogP contribution in [0.3, 0.4) is 0 Å². The highest BCUT2D eigenvalue weighted by Gasteiger charge is 2.32. The largest absolute Gasteiger partial charge is 0.416 e. The van der Waals surface area contributed by atoms with Crippen molar-refractivity contribution in [3.63, 3.8) is 0 Å². The molecule has 1 N–H and O–H groups in total. The Morgan fingerprint density at radius 2 is 1.71 bits per heavy atom. The van der Waals surface area contributed by atoms with E-state index in [0.717, 1.165) is 22.9 Å². The second kappa shape index (κ2) is 9.02. The number of hydrogen-bond donors (Lipinski definition) is 1. The smallest absolute Gasteiger partial charge is 0.368 e. The molecule has 0 bridgehead atoms. The molecule has 2 aliphatic rings. The van der Waals surface area contributed by atoms with Gasteiger partial charge < -0.3 is 9.80 Å². The highest BCUT2D eigenvalue weighted by Crippen LogP contribution is 2.34. The average molecular weight is 484 g/mol. The van der Waals surface area contributed by atoms with E-state index in [9.17, 15) is 18.0 Å². The third-order valence-corrected chi connectivity index (χ3v) is 6.76. The Morgan fingerprint density at radius 3 is 2.44 bits per heavy atom. The number of amides is 1. The van der Waals surface area contributed by atoms with Crippen molar-refractivity contribution < 1.29 is 18.0 Å². The number of piperazine rings is 1. The maximum Gasteiger partial charge on any atom is 0.416 e. The summed E-state index contributed by atoms with van der Waals surface area (Å²) >= 11 is 1.31. The third-order valence-electron chi connectivity index (χ3n) is 5.72. The highest BCUT2D eigenvalue weighted by molar-refractivity contribution is 8.18. The number of carbonyl (C=O) groups is 1. The summed E-state index contributed by atoms with van der Waals surface area (Å²) in [6.07, 6.45) is -0.908. The van der Waals surface area contributed by atoms with E-state index in [0.29, 0.717) is 41.9 Å². The van der Waals surface area contributed by atoms with E-state index in [4.69, 9.17) is 0 Å². The molecular formula is C24H20F3N5OS. The molecule has 174 valence electrons. The van der Waals surface area contributed by atoms with Crippen LogP contribution < -0.4 is 4.90 Å². The van der Waals surface area contributed by atoms with E-state index in [1.165, 1.54) is 23.9 Å². The summed E-state index contributed by atoms with van der Waals surface area (Å²) < 4.78 is 39.1. The number of nitrogens with zero attached hydrogens (tertiary/aromatic N) is 4. The minimum absolute atomic E-state index is 0.305. The summed E-state index contributed by atoms with van der Waals surface area (Å²) in [5.74, 6) is -0.305. The van der Waals surface area contributed by atoms with Crippen LogP contribution in [0.15, 0.2) is 70.7 Å². The van der Waals surface area contributed by atoms with Gasteiger partial charge in [-0.05, 0) is 36.0 Å². The number of aromatic nitrogens is 2. The molecule has 0 aliphatic carbocycles. The van der Waals surface area contributed by atoms with Crippen molar-refractivity contribution in [3.05, 3.63) is 76.8 Å². The van der Waals surface area contributed by atoms with Crippen molar-refractivity contribution >= 4 is 34.6 Å². The molecule has 3 aromatic rings. The van der Waals surface area contributed by atoms with Gasteiger partial charge >= 0.3 is 6.18 Å². The predicted octanol–water partition coefficient (Wildman–Crippen LogP) is 4.89. The molecule has 10 heteroatoms.